The number of carbonyl (C=O) groups excluding carboxylic acids is 2. The molecule has 0 saturated heterocycles. The summed E-state index contributed by atoms with van der Waals surface area (Å²) < 4.78 is 16.7. The molecule has 0 fully saturated rings. The second kappa shape index (κ2) is 8.24. The molecule has 0 radical (unpaired) electrons. The first-order valence-corrected chi connectivity index (χ1v) is 10.4. The molecule has 0 heterocycles. The average molecular weight is 431 g/mol. The molecule has 0 saturated carbocycles. The number of hydrogen-bond acceptors (Lipinski definition) is 5. The molecule has 0 bridgehead atoms. The maximum Gasteiger partial charge on any atom is 0.201 e. The highest BCUT2D eigenvalue weighted by Gasteiger charge is 2.35. The SMILES string of the molecule is COc1cccc2c1C(=O)c1c(OC)cc(-c3ccc(COC(C)(C)C)cc3)cc1C2=O. The highest BCUT2D eigenvalue weighted by atomic mass is 16.5. The molecule has 4 rings (SSSR count). The number of rotatable bonds is 5. The van der Waals surface area contributed by atoms with E-state index in [9.17, 15) is 9.59 Å². The van der Waals surface area contributed by atoms with Crippen LogP contribution in [0.1, 0.15) is 58.2 Å². The van der Waals surface area contributed by atoms with E-state index in [1.165, 1.54) is 14.2 Å². The molecule has 3 aromatic carbocycles. The van der Waals surface area contributed by atoms with Gasteiger partial charge in [0.15, 0.2) is 5.78 Å². The summed E-state index contributed by atoms with van der Waals surface area (Å²) in [4.78, 5) is 26.7. The van der Waals surface area contributed by atoms with Gasteiger partial charge >= 0.3 is 0 Å². The number of fused-ring (bicyclic) bond motifs is 2. The van der Waals surface area contributed by atoms with Crippen molar-refractivity contribution in [3.8, 4) is 22.6 Å². The zero-order valence-corrected chi connectivity index (χ0v) is 18.9. The van der Waals surface area contributed by atoms with Crippen molar-refractivity contribution in [3.63, 3.8) is 0 Å². The van der Waals surface area contributed by atoms with Crippen LogP contribution < -0.4 is 9.47 Å². The Morgan fingerprint density at radius 2 is 1.38 bits per heavy atom. The van der Waals surface area contributed by atoms with Gasteiger partial charge in [-0.2, -0.15) is 0 Å². The first-order chi connectivity index (χ1) is 15.2. The van der Waals surface area contributed by atoms with E-state index in [4.69, 9.17) is 14.2 Å². The summed E-state index contributed by atoms with van der Waals surface area (Å²) in [5.41, 5.74) is 3.80. The third-order valence-corrected chi connectivity index (χ3v) is 5.47. The highest BCUT2D eigenvalue weighted by molar-refractivity contribution is 6.30. The van der Waals surface area contributed by atoms with E-state index in [1.807, 2.05) is 45.0 Å². The maximum absolute atomic E-state index is 13.3. The van der Waals surface area contributed by atoms with Crippen molar-refractivity contribution in [1.82, 2.24) is 0 Å². The van der Waals surface area contributed by atoms with Gasteiger partial charge in [0.05, 0.1) is 37.6 Å². The van der Waals surface area contributed by atoms with Crippen molar-refractivity contribution < 1.29 is 23.8 Å². The molecule has 1 aliphatic carbocycles. The summed E-state index contributed by atoms with van der Waals surface area (Å²) in [5, 5.41) is 0. The van der Waals surface area contributed by atoms with E-state index in [-0.39, 0.29) is 28.3 Å². The summed E-state index contributed by atoms with van der Waals surface area (Å²) in [7, 11) is 2.99. The maximum atomic E-state index is 13.3. The quantitative estimate of drug-likeness (QED) is 0.421. The second-order valence-electron chi connectivity index (χ2n) is 8.74. The van der Waals surface area contributed by atoms with Crippen LogP contribution in [-0.4, -0.2) is 31.4 Å². The normalized spacial score (nSPS) is 12.9. The minimum absolute atomic E-state index is 0.212. The van der Waals surface area contributed by atoms with Crippen LogP contribution in [0.2, 0.25) is 0 Å². The minimum Gasteiger partial charge on any atom is -0.496 e. The number of hydrogen-bond donors (Lipinski definition) is 0. The van der Waals surface area contributed by atoms with Crippen molar-refractivity contribution in [3.05, 3.63) is 82.4 Å². The van der Waals surface area contributed by atoms with Gasteiger partial charge in [0.1, 0.15) is 11.5 Å². The third-order valence-electron chi connectivity index (χ3n) is 5.47. The lowest BCUT2D eigenvalue weighted by molar-refractivity contribution is -0.0149. The van der Waals surface area contributed by atoms with Gasteiger partial charge in [0, 0.05) is 11.1 Å². The Labute approximate surface area is 187 Å². The third kappa shape index (κ3) is 3.92. The van der Waals surface area contributed by atoms with Gasteiger partial charge in [-0.1, -0.05) is 36.4 Å². The van der Waals surface area contributed by atoms with Crippen molar-refractivity contribution in [2.75, 3.05) is 14.2 Å². The summed E-state index contributed by atoms with van der Waals surface area (Å²) in [6.07, 6.45) is 0. The van der Waals surface area contributed by atoms with Gasteiger partial charge in [0.25, 0.3) is 0 Å². The largest absolute Gasteiger partial charge is 0.496 e. The number of carbonyl (C=O) groups is 2. The van der Waals surface area contributed by atoms with Gasteiger partial charge in [-0.05, 0) is 55.7 Å². The van der Waals surface area contributed by atoms with Crippen LogP contribution in [0.3, 0.4) is 0 Å². The standard InChI is InChI=1S/C27H26O5/c1-27(2,3)32-15-16-9-11-17(12-10-16)18-13-20-24(22(14-18)31-5)26(29)23-19(25(20)28)7-6-8-21(23)30-4/h6-14H,15H2,1-5H3. The fourth-order valence-corrected chi connectivity index (χ4v) is 3.84. The Balaban J connectivity index is 1.76. The molecule has 32 heavy (non-hydrogen) atoms. The predicted octanol–water partition coefficient (Wildman–Crippen LogP) is 5.46. The topological polar surface area (TPSA) is 61.8 Å². The van der Waals surface area contributed by atoms with Crippen LogP contribution >= 0.6 is 0 Å². The summed E-state index contributed by atoms with van der Waals surface area (Å²) >= 11 is 0. The van der Waals surface area contributed by atoms with Crippen LogP contribution in [0.25, 0.3) is 11.1 Å². The number of methoxy groups -OCH3 is 2. The van der Waals surface area contributed by atoms with Crippen LogP contribution in [0.4, 0.5) is 0 Å². The van der Waals surface area contributed by atoms with Gasteiger partial charge in [-0.25, -0.2) is 0 Å². The van der Waals surface area contributed by atoms with Crippen LogP contribution in [0.5, 0.6) is 11.5 Å². The Kier molecular flexibility index (Phi) is 5.61. The number of ketones is 2. The molecule has 0 atom stereocenters. The van der Waals surface area contributed by atoms with E-state index in [2.05, 4.69) is 0 Å². The molecule has 0 spiro atoms. The van der Waals surface area contributed by atoms with Crippen molar-refractivity contribution >= 4 is 11.6 Å². The molecule has 0 aromatic heterocycles. The zero-order chi connectivity index (χ0) is 23.0. The number of ether oxygens (including phenoxy) is 3. The molecule has 5 heteroatoms. The van der Waals surface area contributed by atoms with E-state index in [1.54, 1.807) is 30.3 Å². The molecule has 5 nitrogen and oxygen atoms in total. The van der Waals surface area contributed by atoms with Gasteiger partial charge in [0.2, 0.25) is 5.78 Å². The van der Waals surface area contributed by atoms with Crippen LogP contribution in [0.15, 0.2) is 54.6 Å². The van der Waals surface area contributed by atoms with E-state index in [0.29, 0.717) is 29.2 Å². The Bertz CT molecular complexity index is 1200. The summed E-state index contributed by atoms with van der Waals surface area (Å²) in [6, 6.07) is 16.6. The lowest BCUT2D eigenvalue weighted by Gasteiger charge is -2.22. The molecule has 0 aliphatic heterocycles. The van der Waals surface area contributed by atoms with E-state index in [0.717, 1.165) is 16.7 Å². The highest BCUT2D eigenvalue weighted by Crippen LogP contribution is 2.39. The molecule has 0 amide bonds. The monoisotopic (exact) mass is 430 g/mol. The van der Waals surface area contributed by atoms with Crippen molar-refractivity contribution in [1.29, 1.82) is 0 Å². The van der Waals surface area contributed by atoms with Crippen molar-refractivity contribution in [2.45, 2.75) is 33.0 Å². The first kappa shape index (κ1) is 21.8. The Hall–Kier alpha value is -3.44. The molecule has 0 N–H and O–H groups in total. The lowest BCUT2D eigenvalue weighted by atomic mass is 9.81. The Morgan fingerprint density at radius 1 is 0.719 bits per heavy atom. The fourth-order valence-electron chi connectivity index (χ4n) is 3.84. The van der Waals surface area contributed by atoms with Crippen LogP contribution in [0, 0.1) is 0 Å². The van der Waals surface area contributed by atoms with Crippen molar-refractivity contribution in [2.24, 2.45) is 0 Å². The Morgan fingerprint density at radius 3 is 2.00 bits per heavy atom. The predicted molar refractivity (Wildman–Crippen MR) is 123 cm³/mol. The molecule has 3 aromatic rings. The molecular formula is C27H26O5. The van der Waals surface area contributed by atoms with Gasteiger partial charge in [-0.3, -0.25) is 9.59 Å². The lowest BCUT2D eigenvalue weighted by Crippen LogP contribution is -2.22. The summed E-state index contributed by atoms with van der Waals surface area (Å²) in [5.74, 6) is 0.257. The molecular weight excluding hydrogens is 404 g/mol. The van der Waals surface area contributed by atoms with E-state index >= 15 is 0 Å². The molecule has 164 valence electrons. The van der Waals surface area contributed by atoms with E-state index < -0.39 is 0 Å². The molecule has 0 unspecified atom stereocenters. The first-order valence-electron chi connectivity index (χ1n) is 10.4. The van der Waals surface area contributed by atoms with Crippen LogP contribution in [-0.2, 0) is 11.3 Å². The smallest absolute Gasteiger partial charge is 0.201 e. The second-order valence-corrected chi connectivity index (χ2v) is 8.74. The average Bonchev–Trinajstić information content (AvgIpc) is 2.79. The summed E-state index contributed by atoms with van der Waals surface area (Å²) in [6.45, 7) is 6.58. The van der Waals surface area contributed by atoms with Gasteiger partial charge < -0.3 is 14.2 Å². The van der Waals surface area contributed by atoms with Gasteiger partial charge in [-0.15, -0.1) is 0 Å². The minimum atomic E-state index is -0.273. The zero-order valence-electron chi connectivity index (χ0n) is 18.9. The molecule has 1 aliphatic rings. The number of benzene rings is 3. The fraction of sp³-hybridized carbons (Fsp3) is 0.259.